The second-order valence-corrected chi connectivity index (χ2v) is 4.07. The summed E-state index contributed by atoms with van der Waals surface area (Å²) >= 11 is 0. The molecular weight excluding hydrogens is 216 g/mol. The molecule has 1 aliphatic rings. The fourth-order valence-electron chi connectivity index (χ4n) is 1.84. The van der Waals surface area contributed by atoms with Crippen molar-refractivity contribution in [1.29, 1.82) is 0 Å². The molecule has 1 N–H and O–H groups in total. The molecule has 1 fully saturated rings. The van der Waals surface area contributed by atoms with E-state index in [0.29, 0.717) is 12.3 Å². The van der Waals surface area contributed by atoms with Crippen molar-refractivity contribution in [3.8, 4) is 0 Å². The maximum atomic E-state index is 10.8. The van der Waals surface area contributed by atoms with E-state index in [1.807, 2.05) is 48.2 Å². The number of hydrogen-bond donors (Lipinski definition) is 1. The van der Waals surface area contributed by atoms with Gasteiger partial charge in [0.15, 0.2) is 6.23 Å². The average Bonchev–Trinajstić information content (AvgIpc) is 2.38. The van der Waals surface area contributed by atoms with Crippen LogP contribution in [0.5, 0.6) is 0 Å². The summed E-state index contributed by atoms with van der Waals surface area (Å²) in [4.78, 5) is 12.8. The number of piperazine rings is 1. The molecule has 4 nitrogen and oxygen atoms in total. The highest BCUT2D eigenvalue weighted by molar-refractivity contribution is 5.53. The minimum Gasteiger partial charge on any atom is -0.375 e. The molecule has 1 atom stereocenters. The third kappa shape index (κ3) is 2.94. The van der Waals surface area contributed by atoms with Crippen LogP contribution in [0.1, 0.15) is 5.56 Å². The lowest BCUT2D eigenvalue weighted by molar-refractivity contribution is -0.0445. The van der Waals surface area contributed by atoms with Crippen LogP contribution in [0.15, 0.2) is 36.0 Å². The normalized spacial score (nSPS) is 20.8. The van der Waals surface area contributed by atoms with E-state index in [1.165, 1.54) is 0 Å². The second-order valence-electron chi connectivity index (χ2n) is 4.07. The van der Waals surface area contributed by atoms with Gasteiger partial charge in [-0.05, 0) is 12.6 Å². The van der Waals surface area contributed by atoms with E-state index in [1.54, 1.807) is 0 Å². The predicted octanol–water partition coefficient (Wildman–Crippen LogP) is 0.780. The number of likely N-dealkylation sites (N-methyl/N-ethyl adjacent to an activating group) is 1. The smallest absolute Gasteiger partial charge is 0.162 e. The molecule has 2 rings (SSSR count). The maximum absolute atomic E-state index is 10.8. The summed E-state index contributed by atoms with van der Waals surface area (Å²) in [5, 5.41) is 3.01. The van der Waals surface area contributed by atoms with Gasteiger partial charge in [0.1, 0.15) is 11.6 Å². The lowest BCUT2D eigenvalue weighted by Crippen LogP contribution is -2.49. The average molecular weight is 232 g/mol. The van der Waals surface area contributed by atoms with Crippen molar-refractivity contribution in [2.24, 2.45) is 0 Å². The number of nitrogens with one attached hydrogen (secondary N) is 1. The summed E-state index contributed by atoms with van der Waals surface area (Å²) in [6, 6.07) is 9.91. The molecule has 4 heteroatoms. The van der Waals surface area contributed by atoms with Crippen LogP contribution in [0.3, 0.4) is 0 Å². The Morgan fingerprint density at radius 3 is 2.94 bits per heavy atom. The predicted molar refractivity (Wildman–Crippen MR) is 64.9 cm³/mol. The summed E-state index contributed by atoms with van der Waals surface area (Å²) < 4.78 is 5.75. The van der Waals surface area contributed by atoms with Crippen LogP contribution in [-0.4, -0.2) is 37.2 Å². The second kappa shape index (κ2) is 5.64. The largest absolute Gasteiger partial charge is 0.375 e. The maximum Gasteiger partial charge on any atom is 0.162 e. The number of benzene rings is 1. The van der Waals surface area contributed by atoms with Gasteiger partial charge in [-0.1, -0.05) is 30.3 Å². The van der Waals surface area contributed by atoms with Gasteiger partial charge in [0.25, 0.3) is 0 Å². The molecule has 0 amide bonds. The zero-order valence-electron chi connectivity index (χ0n) is 9.85. The topological polar surface area (TPSA) is 41.6 Å². The quantitative estimate of drug-likeness (QED) is 0.782. The van der Waals surface area contributed by atoms with Crippen molar-refractivity contribution in [2.75, 3.05) is 20.1 Å². The number of carbonyl (C=O) groups excluding carboxylic acids is 1. The van der Waals surface area contributed by atoms with E-state index in [0.717, 1.165) is 18.7 Å². The van der Waals surface area contributed by atoms with Crippen molar-refractivity contribution in [2.45, 2.75) is 12.8 Å². The van der Waals surface area contributed by atoms with E-state index >= 15 is 0 Å². The van der Waals surface area contributed by atoms with E-state index in [9.17, 15) is 4.79 Å². The minimum atomic E-state index is -0.318. The molecule has 0 aromatic heterocycles. The summed E-state index contributed by atoms with van der Waals surface area (Å²) in [7, 11) is 1.94. The highest BCUT2D eigenvalue weighted by atomic mass is 16.5. The SMILES string of the molecule is CN1CCNC(=C=O)[C@@H]1OCc1ccccc1. The van der Waals surface area contributed by atoms with E-state index in [-0.39, 0.29) is 6.23 Å². The number of rotatable bonds is 3. The van der Waals surface area contributed by atoms with Gasteiger partial charge in [0.05, 0.1) is 6.61 Å². The standard InChI is InChI=1S/C13H16N2O2/c1-15-8-7-14-12(9-16)13(15)17-10-11-5-3-2-4-6-11/h2-6,13-14H,7-8,10H2,1H3/t13-/m0/s1. The Kier molecular flexibility index (Phi) is 3.94. The van der Waals surface area contributed by atoms with Crippen LogP contribution in [0.2, 0.25) is 0 Å². The van der Waals surface area contributed by atoms with Crippen LogP contribution in [0, 0.1) is 0 Å². The van der Waals surface area contributed by atoms with Crippen molar-refractivity contribution < 1.29 is 9.53 Å². The van der Waals surface area contributed by atoms with Crippen LogP contribution in [-0.2, 0) is 16.1 Å². The lowest BCUT2D eigenvalue weighted by Gasteiger charge is -2.33. The van der Waals surface area contributed by atoms with Crippen molar-refractivity contribution >= 4 is 5.94 Å². The first-order valence-electron chi connectivity index (χ1n) is 5.66. The zero-order valence-corrected chi connectivity index (χ0v) is 9.85. The Bertz CT molecular complexity index is 413. The Morgan fingerprint density at radius 1 is 1.47 bits per heavy atom. The number of nitrogens with zero attached hydrogens (tertiary/aromatic N) is 1. The van der Waals surface area contributed by atoms with Gasteiger partial charge in [-0.3, -0.25) is 4.90 Å². The van der Waals surface area contributed by atoms with Crippen LogP contribution in [0.4, 0.5) is 0 Å². The van der Waals surface area contributed by atoms with Gasteiger partial charge in [-0.2, -0.15) is 0 Å². The first kappa shape index (κ1) is 11.9. The summed E-state index contributed by atoms with van der Waals surface area (Å²) in [6.45, 7) is 2.10. The van der Waals surface area contributed by atoms with Gasteiger partial charge in [0, 0.05) is 13.1 Å². The third-order valence-electron chi connectivity index (χ3n) is 2.79. The van der Waals surface area contributed by atoms with Gasteiger partial charge in [-0.15, -0.1) is 0 Å². The molecule has 1 aliphatic heterocycles. The van der Waals surface area contributed by atoms with Gasteiger partial charge >= 0.3 is 0 Å². The fraction of sp³-hybridized carbons (Fsp3) is 0.385. The Hall–Kier alpha value is -1.61. The van der Waals surface area contributed by atoms with Crippen LogP contribution in [0.25, 0.3) is 0 Å². The highest BCUT2D eigenvalue weighted by Gasteiger charge is 2.25. The van der Waals surface area contributed by atoms with Gasteiger partial charge in [0.2, 0.25) is 0 Å². The van der Waals surface area contributed by atoms with E-state index < -0.39 is 0 Å². The molecule has 1 aromatic carbocycles. The Morgan fingerprint density at radius 2 is 2.24 bits per heavy atom. The monoisotopic (exact) mass is 232 g/mol. The summed E-state index contributed by atoms with van der Waals surface area (Å²) in [5.41, 5.74) is 1.58. The number of ether oxygens (including phenoxy) is 1. The molecule has 0 saturated carbocycles. The van der Waals surface area contributed by atoms with Crippen molar-refractivity contribution in [3.63, 3.8) is 0 Å². The van der Waals surface area contributed by atoms with E-state index in [2.05, 4.69) is 5.32 Å². The van der Waals surface area contributed by atoms with Crippen molar-refractivity contribution in [1.82, 2.24) is 10.2 Å². The summed E-state index contributed by atoms with van der Waals surface area (Å²) in [5.74, 6) is 1.91. The molecule has 0 bridgehead atoms. The molecular formula is C13H16N2O2. The third-order valence-corrected chi connectivity index (χ3v) is 2.79. The fourth-order valence-corrected chi connectivity index (χ4v) is 1.84. The van der Waals surface area contributed by atoms with Gasteiger partial charge < -0.3 is 10.1 Å². The van der Waals surface area contributed by atoms with E-state index in [4.69, 9.17) is 4.74 Å². The minimum absolute atomic E-state index is 0.318. The molecule has 1 heterocycles. The number of hydrogen-bond acceptors (Lipinski definition) is 4. The van der Waals surface area contributed by atoms with Crippen LogP contribution >= 0.6 is 0 Å². The molecule has 90 valence electrons. The molecule has 0 radical (unpaired) electrons. The highest BCUT2D eigenvalue weighted by Crippen LogP contribution is 2.12. The molecule has 0 spiro atoms. The molecule has 1 aromatic rings. The molecule has 17 heavy (non-hydrogen) atoms. The first-order chi connectivity index (χ1) is 8.31. The zero-order chi connectivity index (χ0) is 12.1. The first-order valence-corrected chi connectivity index (χ1v) is 5.66. The lowest BCUT2D eigenvalue weighted by atomic mass is 10.2. The molecule has 0 aliphatic carbocycles. The van der Waals surface area contributed by atoms with Crippen molar-refractivity contribution in [3.05, 3.63) is 41.6 Å². The van der Waals surface area contributed by atoms with Gasteiger partial charge in [-0.25, -0.2) is 4.79 Å². The summed E-state index contributed by atoms with van der Waals surface area (Å²) in [6.07, 6.45) is -0.318. The molecule has 1 saturated heterocycles. The Balaban J connectivity index is 1.99. The molecule has 0 unspecified atom stereocenters. The Labute approximate surface area is 101 Å². The van der Waals surface area contributed by atoms with Crippen LogP contribution < -0.4 is 5.32 Å².